The fourth-order valence-electron chi connectivity index (χ4n) is 5.87. The summed E-state index contributed by atoms with van der Waals surface area (Å²) in [6.07, 6.45) is 4.68. The van der Waals surface area contributed by atoms with E-state index in [1.165, 1.54) is 37.9 Å². The van der Waals surface area contributed by atoms with Crippen LogP contribution in [0.15, 0.2) is 30.3 Å². The summed E-state index contributed by atoms with van der Waals surface area (Å²) in [4.78, 5) is 2.72. The topological polar surface area (TPSA) is 23.5 Å². The van der Waals surface area contributed by atoms with E-state index in [1.54, 1.807) is 0 Å². The van der Waals surface area contributed by atoms with Crippen molar-refractivity contribution in [2.75, 3.05) is 13.1 Å². The van der Waals surface area contributed by atoms with Crippen LogP contribution in [0, 0.1) is 23.7 Å². The van der Waals surface area contributed by atoms with Crippen molar-refractivity contribution >= 4 is 0 Å². The monoisotopic (exact) mass is 327 g/mol. The molecule has 1 N–H and O–H groups in total. The van der Waals surface area contributed by atoms with Gasteiger partial charge >= 0.3 is 0 Å². The van der Waals surface area contributed by atoms with E-state index >= 15 is 0 Å². The van der Waals surface area contributed by atoms with Crippen molar-refractivity contribution < 1.29 is 5.11 Å². The maximum Gasteiger partial charge on any atom is 0.0588 e. The third-order valence-corrected chi connectivity index (χ3v) is 7.59. The molecule has 0 aromatic heterocycles. The molecule has 0 amide bonds. The Labute approximate surface area is 147 Å². The zero-order valence-corrected chi connectivity index (χ0v) is 15.5. The van der Waals surface area contributed by atoms with E-state index in [2.05, 4.69) is 56.0 Å². The largest absolute Gasteiger partial charge is 0.393 e. The van der Waals surface area contributed by atoms with Crippen molar-refractivity contribution in [3.05, 3.63) is 35.9 Å². The highest BCUT2D eigenvalue weighted by atomic mass is 16.3. The van der Waals surface area contributed by atoms with Gasteiger partial charge in [-0.05, 0) is 62.3 Å². The molecule has 24 heavy (non-hydrogen) atoms. The van der Waals surface area contributed by atoms with Crippen LogP contribution in [0.4, 0.5) is 0 Å². The molecule has 3 fully saturated rings. The van der Waals surface area contributed by atoms with Crippen molar-refractivity contribution in [2.45, 2.75) is 64.0 Å². The number of rotatable bonds is 3. The molecule has 2 nitrogen and oxygen atoms in total. The smallest absolute Gasteiger partial charge is 0.0588 e. The molecule has 1 aliphatic heterocycles. The van der Waals surface area contributed by atoms with Crippen LogP contribution in [0.2, 0.25) is 0 Å². The maximum absolute atomic E-state index is 10.7. The summed E-state index contributed by atoms with van der Waals surface area (Å²) in [5.41, 5.74) is 1.66. The molecule has 3 aliphatic rings. The molecular formula is C22H33NO. The zero-order valence-electron chi connectivity index (χ0n) is 15.5. The van der Waals surface area contributed by atoms with Gasteiger partial charge in [0.15, 0.2) is 0 Å². The minimum Gasteiger partial charge on any atom is -0.393 e. The van der Waals surface area contributed by atoms with Gasteiger partial charge in [0.1, 0.15) is 0 Å². The normalized spacial score (nSPS) is 40.2. The Hall–Kier alpha value is -0.860. The molecule has 132 valence electrons. The van der Waals surface area contributed by atoms with Gasteiger partial charge in [-0.25, -0.2) is 0 Å². The predicted octanol–water partition coefficient (Wildman–Crippen LogP) is 4.30. The van der Waals surface area contributed by atoms with Gasteiger partial charge in [-0.1, -0.05) is 43.7 Å². The Morgan fingerprint density at radius 3 is 2.50 bits per heavy atom. The second kappa shape index (κ2) is 6.14. The van der Waals surface area contributed by atoms with E-state index in [4.69, 9.17) is 0 Å². The van der Waals surface area contributed by atoms with Crippen molar-refractivity contribution in [2.24, 2.45) is 23.7 Å². The second-order valence-corrected chi connectivity index (χ2v) is 9.33. The van der Waals surface area contributed by atoms with Crippen LogP contribution in [0.5, 0.6) is 0 Å². The first-order valence-corrected chi connectivity index (χ1v) is 9.95. The van der Waals surface area contributed by atoms with Crippen LogP contribution in [0.25, 0.3) is 0 Å². The minimum absolute atomic E-state index is 0.119. The van der Waals surface area contributed by atoms with E-state index in [-0.39, 0.29) is 11.6 Å². The summed E-state index contributed by atoms with van der Waals surface area (Å²) in [5.74, 6) is 3.57. The lowest BCUT2D eigenvalue weighted by atomic mass is 9.64. The van der Waals surface area contributed by atoms with Gasteiger partial charge in [-0.2, -0.15) is 0 Å². The molecule has 0 radical (unpaired) electrons. The molecule has 1 saturated heterocycles. The van der Waals surface area contributed by atoms with Crippen LogP contribution in [-0.2, 0) is 0 Å². The van der Waals surface area contributed by atoms with Gasteiger partial charge in [0, 0.05) is 24.5 Å². The lowest BCUT2D eigenvalue weighted by Gasteiger charge is -2.47. The van der Waals surface area contributed by atoms with Gasteiger partial charge in [0.2, 0.25) is 0 Å². The average Bonchev–Trinajstić information content (AvgIpc) is 2.86. The van der Waals surface area contributed by atoms with Crippen LogP contribution >= 0.6 is 0 Å². The van der Waals surface area contributed by atoms with Crippen LogP contribution in [0.1, 0.15) is 57.9 Å². The molecule has 0 unspecified atom stereocenters. The number of hydrogen-bond donors (Lipinski definition) is 1. The molecule has 1 aromatic carbocycles. The molecule has 2 heteroatoms. The number of fused-ring (bicyclic) bond motifs is 1. The van der Waals surface area contributed by atoms with Crippen LogP contribution < -0.4 is 0 Å². The Balaban J connectivity index is 1.45. The lowest BCUT2D eigenvalue weighted by molar-refractivity contribution is -0.0378. The quantitative estimate of drug-likeness (QED) is 0.895. The van der Waals surface area contributed by atoms with Crippen molar-refractivity contribution in [1.82, 2.24) is 4.90 Å². The molecule has 2 aliphatic carbocycles. The first kappa shape index (κ1) is 16.6. The highest BCUT2D eigenvalue weighted by molar-refractivity contribution is 5.25. The van der Waals surface area contributed by atoms with Crippen molar-refractivity contribution in [1.29, 1.82) is 0 Å². The summed E-state index contributed by atoms with van der Waals surface area (Å²) in [6, 6.07) is 11.1. The summed E-state index contributed by atoms with van der Waals surface area (Å²) >= 11 is 0. The summed E-state index contributed by atoms with van der Waals surface area (Å²) < 4.78 is 0. The van der Waals surface area contributed by atoms with Gasteiger partial charge in [0.25, 0.3) is 0 Å². The number of benzene rings is 1. The van der Waals surface area contributed by atoms with Gasteiger partial charge in [0.05, 0.1) is 6.10 Å². The predicted molar refractivity (Wildman–Crippen MR) is 98.9 cm³/mol. The maximum atomic E-state index is 10.7. The molecule has 2 saturated carbocycles. The second-order valence-electron chi connectivity index (χ2n) is 9.33. The summed E-state index contributed by atoms with van der Waals surface area (Å²) in [6.45, 7) is 9.51. The molecular weight excluding hydrogens is 294 g/mol. The highest BCUT2D eigenvalue weighted by Crippen LogP contribution is 2.53. The Kier molecular flexibility index (Phi) is 4.25. The van der Waals surface area contributed by atoms with E-state index in [1.807, 2.05) is 0 Å². The molecule has 0 bridgehead atoms. The van der Waals surface area contributed by atoms with Crippen LogP contribution in [0.3, 0.4) is 0 Å². The van der Waals surface area contributed by atoms with Gasteiger partial charge in [-0.3, -0.25) is 4.90 Å². The Bertz CT molecular complexity index is 569. The number of aliphatic hydroxyl groups is 1. The Morgan fingerprint density at radius 2 is 1.79 bits per heavy atom. The minimum atomic E-state index is -0.119. The standard InChI is InChI=1S/C22H33NO/c1-15-9-10-20(21(24)11-15)22(2,3)23-13-17-12-18(19(17)14-23)16-7-5-4-6-8-16/h4-8,15,17-21,24H,9-14H2,1-3H3/t15-,17+,18+,19-,20-,21-/m1/s1. The SMILES string of the molecule is C[C@@H]1CC[C@@H](C(C)(C)N2C[C@@H]3C[C@@H](c4ccccc4)[C@@H]3C2)[C@H](O)C1. The summed E-state index contributed by atoms with van der Waals surface area (Å²) in [5, 5.41) is 10.7. The van der Waals surface area contributed by atoms with Crippen LogP contribution in [-0.4, -0.2) is 34.7 Å². The molecule has 1 aromatic rings. The third kappa shape index (κ3) is 2.72. The van der Waals surface area contributed by atoms with E-state index in [0.717, 1.165) is 24.2 Å². The number of hydrogen-bond acceptors (Lipinski definition) is 2. The average molecular weight is 328 g/mol. The fourth-order valence-corrected chi connectivity index (χ4v) is 5.87. The third-order valence-electron chi connectivity index (χ3n) is 7.59. The molecule has 6 atom stereocenters. The number of aliphatic hydroxyl groups excluding tert-OH is 1. The highest BCUT2D eigenvalue weighted by Gasteiger charge is 2.52. The first-order valence-electron chi connectivity index (χ1n) is 9.95. The lowest BCUT2D eigenvalue weighted by Crippen LogP contribution is -2.53. The Morgan fingerprint density at radius 1 is 1.04 bits per heavy atom. The summed E-state index contributed by atoms with van der Waals surface area (Å²) in [7, 11) is 0. The number of nitrogens with zero attached hydrogens (tertiary/aromatic N) is 1. The van der Waals surface area contributed by atoms with E-state index in [0.29, 0.717) is 11.8 Å². The van der Waals surface area contributed by atoms with Crippen molar-refractivity contribution in [3.63, 3.8) is 0 Å². The zero-order chi connectivity index (χ0) is 16.9. The first-order chi connectivity index (χ1) is 11.5. The molecule has 4 rings (SSSR count). The van der Waals surface area contributed by atoms with Crippen molar-refractivity contribution in [3.8, 4) is 0 Å². The fraction of sp³-hybridized carbons (Fsp3) is 0.727. The van der Waals surface area contributed by atoms with Gasteiger partial charge < -0.3 is 5.11 Å². The molecule has 0 spiro atoms. The number of likely N-dealkylation sites (tertiary alicyclic amines) is 1. The van der Waals surface area contributed by atoms with Gasteiger partial charge in [-0.15, -0.1) is 0 Å². The molecule has 1 heterocycles. The van der Waals surface area contributed by atoms with E-state index < -0.39 is 0 Å². The van der Waals surface area contributed by atoms with E-state index in [9.17, 15) is 5.11 Å².